The molecule has 4 N–H and O–H groups in total. The van der Waals surface area contributed by atoms with Gasteiger partial charge < -0.3 is 20.6 Å². The highest BCUT2D eigenvalue weighted by Gasteiger charge is 2.63. The van der Waals surface area contributed by atoms with Gasteiger partial charge in [-0.05, 0) is 104 Å². The molecule has 0 spiro atoms. The number of rotatable bonds is 6. The van der Waals surface area contributed by atoms with E-state index in [0.29, 0.717) is 41.9 Å². The molecule has 0 heterocycles. The van der Waals surface area contributed by atoms with Crippen LogP contribution >= 0.6 is 0 Å². The van der Waals surface area contributed by atoms with E-state index in [4.69, 9.17) is 5.11 Å². The van der Waals surface area contributed by atoms with Crippen LogP contribution in [0.2, 0.25) is 0 Å². The van der Waals surface area contributed by atoms with Gasteiger partial charge in [0.25, 0.3) is 0 Å². The molecule has 4 aliphatic carbocycles. The lowest BCUT2D eigenvalue weighted by Gasteiger charge is -2.62. The molecule has 4 saturated carbocycles. The first kappa shape index (κ1) is 24.0. The van der Waals surface area contributed by atoms with Crippen LogP contribution in [0.3, 0.4) is 0 Å². The fourth-order valence-corrected chi connectivity index (χ4v) is 8.98. The van der Waals surface area contributed by atoms with E-state index in [0.717, 1.165) is 44.9 Å². The molecule has 4 rings (SSSR count). The Morgan fingerprint density at radius 1 is 1.03 bits per heavy atom. The highest BCUT2D eigenvalue weighted by molar-refractivity contribution is 5.81. The van der Waals surface area contributed by atoms with Crippen LogP contribution in [0.15, 0.2) is 0 Å². The SMILES string of the molecule is C[C@H](CCC(=O)NCC(=O)O)C1CC[C@H]2C3CC[C@@H]4C[C@H](O)CC[C@]4(C)C3C[C@H](O)[C@]12C. The number of carboxylic acid groups (broad SMARTS) is 1. The number of amides is 1. The average Bonchev–Trinajstić information content (AvgIpc) is 3.10. The number of carbonyl (C=O) groups is 2. The van der Waals surface area contributed by atoms with Crippen LogP contribution in [0.1, 0.15) is 85.0 Å². The van der Waals surface area contributed by atoms with Gasteiger partial charge in [0.2, 0.25) is 5.91 Å². The highest BCUT2D eigenvalue weighted by Crippen LogP contribution is 2.68. The summed E-state index contributed by atoms with van der Waals surface area (Å²) in [4.78, 5) is 22.7. The van der Waals surface area contributed by atoms with Crippen molar-refractivity contribution in [1.29, 1.82) is 0 Å². The molecule has 0 saturated heterocycles. The second-order valence-electron chi connectivity index (χ2n) is 12.1. The van der Waals surface area contributed by atoms with Crippen molar-refractivity contribution in [2.24, 2.45) is 46.3 Å². The first-order valence-electron chi connectivity index (χ1n) is 12.9. The summed E-state index contributed by atoms with van der Waals surface area (Å²) in [5.74, 6) is 1.84. The Hall–Kier alpha value is -1.14. The number of hydrogen-bond acceptors (Lipinski definition) is 4. The fourth-order valence-electron chi connectivity index (χ4n) is 8.98. The van der Waals surface area contributed by atoms with Crippen LogP contribution in [-0.4, -0.2) is 45.9 Å². The van der Waals surface area contributed by atoms with E-state index in [1.54, 1.807) is 0 Å². The summed E-state index contributed by atoms with van der Waals surface area (Å²) in [7, 11) is 0. The molecule has 10 atom stereocenters. The summed E-state index contributed by atoms with van der Waals surface area (Å²) in [6, 6.07) is 0. The zero-order valence-electron chi connectivity index (χ0n) is 20.1. The Bertz CT molecular complexity index is 727. The van der Waals surface area contributed by atoms with Gasteiger partial charge in [-0.15, -0.1) is 0 Å². The Morgan fingerprint density at radius 3 is 2.50 bits per heavy atom. The maximum atomic E-state index is 12.0. The molecular formula is C26H43NO5. The van der Waals surface area contributed by atoms with E-state index < -0.39 is 5.97 Å². The molecule has 1 amide bonds. The lowest BCUT2D eigenvalue weighted by atomic mass is 9.43. The summed E-state index contributed by atoms with van der Waals surface area (Å²) in [5.41, 5.74) is 0.145. The zero-order valence-corrected chi connectivity index (χ0v) is 20.1. The van der Waals surface area contributed by atoms with Crippen LogP contribution in [0.5, 0.6) is 0 Å². The monoisotopic (exact) mass is 449 g/mol. The number of hydrogen-bond donors (Lipinski definition) is 4. The molecule has 0 aliphatic heterocycles. The molecule has 6 nitrogen and oxygen atoms in total. The molecule has 0 aromatic carbocycles. The Morgan fingerprint density at radius 2 is 1.78 bits per heavy atom. The van der Waals surface area contributed by atoms with Crippen molar-refractivity contribution in [3.63, 3.8) is 0 Å². The van der Waals surface area contributed by atoms with Gasteiger partial charge in [-0.3, -0.25) is 9.59 Å². The van der Waals surface area contributed by atoms with Gasteiger partial charge in [-0.1, -0.05) is 20.8 Å². The standard InChI is InChI=1S/C26H43NO5/c1-15(4-9-23(30)27-14-24(31)32)19-7-8-20-18-6-5-16-12-17(28)10-11-25(16,2)21(18)13-22(29)26(19,20)3/h15-22,28-29H,4-14H2,1-3H3,(H,27,30)(H,31,32)/t15-,16-,17-,18?,19?,20+,21?,22+,25+,26-/m1/s1. The molecule has 4 aliphatic rings. The molecule has 0 bridgehead atoms. The molecule has 4 fully saturated rings. The summed E-state index contributed by atoms with van der Waals surface area (Å²) >= 11 is 0. The van der Waals surface area contributed by atoms with Gasteiger partial charge in [0.05, 0.1) is 12.2 Å². The van der Waals surface area contributed by atoms with Gasteiger partial charge in [0, 0.05) is 6.42 Å². The predicted octanol–water partition coefficient (Wildman–Crippen LogP) is 3.59. The summed E-state index contributed by atoms with van der Waals surface area (Å²) < 4.78 is 0. The number of fused-ring (bicyclic) bond motifs is 5. The van der Waals surface area contributed by atoms with Crippen LogP contribution in [0, 0.1) is 46.3 Å². The van der Waals surface area contributed by atoms with Crippen molar-refractivity contribution in [2.75, 3.05) is 6.54 Å². The Balaban J connectivity index is 1.45. The molecule has 0 radical (unpaired) electrons. The van der Waals surface area contributed by atoms with E-state index >= 15 is 0 Å². The molecule has 6 heteroatoms. The van der Waals surface area contributed by atoms with Crippen LogP contribution in [0.4, 0.5) is 0 Å². The molecule has 32 heavy (non-hydrogen) atoms. The van der Waals surface area contributed by atoms with E-state index in [9.17, 15) is 19.8 Å². The normalized spacial score (nSPS) is 46.5. The molecule has 0 aromatic heterocycles. The Kier molecular flexibility index (Phi) is 6.68. The smallest absolute Gasteiger partial charge is 0.322 e. The second-order valence-corrected chi connectivity index (χ2v) is 12.1. The number of carboxylic acids is 1. The van der Waals surface area contributed by atoms with Crippen molar-refractivity contribution < 1.29 is 24.9 Å². The number of nitrogens with one attached hydrogen (secondary N) is 1. The molecule has 182 valence electrons. The third-order valence-electron chi connectivity index (χ3n) is 10.8. The van der Waals surface area contributed by atoms with E-state index in [1.165, 1.54) is 12.8 Å². The molecule has 3 unspecified atom stereocenters. The van der Waals surface area contributed by atoms with Crippen molar-refractivity contribution in [3.05, 3.63) is 0 Å². The van der Waals surface area contributed by atoms with Gasteiger partial charge >= 0.3 is 5.97 Å². The van der Waals surface area contributed by atoms with E-state index in [1.807, 2.05) is 0 Å². The zero-order chi connectivity index (χ0) is 23.3. The average molecular weight is 450 g/mol. The van der Waals surface area contributed by atoms with Crippen molar-refractivity contribution in [1.82, 2.24) is 5.32 Å². The minimum atomic E-state index is -1.02. The number of carbonyl (C=O) groups excluding carboxylic acids is 1. The van der Waals surface area contributed by atoms with Crippen LogP contribution in [-0.2, 0) is 9.59 Å². The van der Waals surface area contributed by atoms with Crippen LogP contribution in [0.25, 0.3) is 0 Å². The third-order valence-corrected chi connectivity index (χ3v) is 10.8. The van der Waals surface area contributed by atoms with E-state index in [2.05, 4.69) is 26.1 Å². The molecular weight excluding hydrogens is 406 g/mol. The van der Waals surface area contributed by atoms with Gasteiger partial charge in [0.15, 0.2) is 0 Å². The maximum Gasteiger partial charge on any atom is 0.322 e. The number of aliphatic hydroxyl groups excluding tert-OH is 2. The third kappa shape index (κ3) is 4.00. The van der Waals surface area contributed by atoms with Crippen molar-refractivity contribution in [3.8, 4) is 0 Å². The lowest BCUT2D eigenvalue weighted by Crippen LogP contribution is -2.58. The lowest BCUT2D eigenvalue weighted by molar-refractivity contribution is -0.175. The topological polar surface area (TPSA) is 107 Å². The Labute approximate surface area is 192 Å². The molecule has 0 aromatic rings. The summed E-state index contributed by atoms with van der Waals surface area (Å²) in [6.07, 6.45) is 9.12. The maximum absolute atomic E-state index is 12.0. The predicted molar refractivity (Wildman–Crippen MR) is 122 cm³/mol. The largest absolute Gasteiger partial charge is 0.480 e. The minimum Gasteiger partial charge on any atom is -0.480 e. The number of aliphatic carboxylic acids is 1. The first-order valence-corrected chi connectivity index (χ1v) is 12.9. The summed E-state index contributed by atoms with van der Waals surface area (Å²) in [5, 5.41) is 33.0. The minimum absolute atomic E-state index is 0.102. The van der Waals surface area contributed by atoms with Gasteiger partial charge in [-0.2, -0.15) is 0 Å². The second kappa shape index (κ2) is 8.90. The van der Waals surface area contributed by atoms with Crippen molar-refractivity contribution in [2.45, 2.75) is 97.2 Å². The van der Waals surface area contributed by atoms with Gasteiger partial charge in [0.1, 0.15) is 6.54 Å². The van der Waals surface area contributed by atoms with Crippen molar-refractivity contribution >= 4 is 11.9 Å². The first-order chi connectivity index (χ1) is 15.1. The van der Waals surface area contributed by atoms with Crippen LogP contribution < -0.4 is 5.32 Å². The highest BCUT2D eigenvalue weighted by atomic mass is 16.4. The number of aliphatic hydroxyl groups is 2. The quantitative estimate of drug-likeness (QED) is 0.496. The van der Waals surface area contributed by atoms with Gasteiger partial charge in [-0.25, -0.2) is 0 Å². The summed E-state index contributed by atoms with van der Waals surface area (Å²) in [6.45, 7) is 6.65. The fraction of sp³-hybridized carbons (Fsp3) is 0.923. The van der Waals surface area contributed by atoms with E-state index in [-0.39, 0.29) is 35.5 Å².